The third-order valence-electron chi connectivity index (χ3n) is 5.65. The smallest absolute Gasteiger partial charge is 0.360 e. The minimum absolute atomic E-state index is 0.159. The summed E-state index contributed by atoms with van der Waals surface area (Å²) < 4.78 is 6.39. The van der Waals surface area contributed by atoms with Crippen LogP contribution in [0.5, 0.6) is 0 Å². The number of amides is 1. The number of carbonyl (C=O) groups excluding carboxylic acids is 2. The number of ether oxygens (including phenoxy) is 1. The quantitative estimate of drug-likeness (QED) is 0.649. The lowest BCUT2D eigenvalue weighted by molar-refractivity contribution is -0.945. The molecule has 24 heavy (non-hydrogen) atoms. The maximum atomic E-state index is 12.4. The highest BCUT2D eigenvalue weighted by atomic mass is 16.5. The molecule has 130 valence electrons. The van der Waals surface area contributed by atoms with E-state index in [-0.39, 0.29) is 17.5 Å². The van der Waals surface area contributed by atoms with Crippen LogP contribution in [0.15, 0.2) is 6.20 Å². The topological polar surface area (TPSA) is 90.5 Å². The predicted octanol–water partition coefficient (Wildman–Crippen LogP) is -1.36. The lowest BCUT2D eigenvalue weighted by atomic mass is 9.75. The highest BCUT2D eigenvalue weighted by Gasteiger charge is 2.47. The molecular formula is C16H24N5O3+. The number of piperidine rings is 3. The highest BCUT2D eigenvalue weighted by molar-refractivity contribution is 5.86. The van der Waals surface area contributed by atoms with E-state index < -0.39 is 5.97 Å². The van der Waals surface area contributed by atoms with Crippen molar-refractivity contribution in [1.29, 1.82) is 0 Å². The zero-order valence-electron chi connectivity index (χ0n) is 13.9. The van der Waals surface area contributed by atoms with Gasteiger partial charge in [-0.15, -0.1) is 5.10 Å². The standard InChI is InChI=1S/C16H23N5O3/c1-24-16(23)14-9-21(19-18-14)7-12-6-10-4-5-20(12)8-13(10)15(22)17-11-2-3-11/h9-13H,2-8H2,1H3,(H,17,22)/p+1/t10-,12-,13+/m1/s1. The molecule has 3 aliphatic heterocycles. The lowest BCUT2D eigenvalue weighted by Crippen LogP contribution is -3.20. The van der Waals surface area contributed by atoms with Crippen LogP contribution in [-0.2, 0) is 16.1 Å². The van der Waals surface area contributed by atoms with Crippen molar-refractivity contribution in [2.75, 3.05) is 20.2 Å². The van der Waals surface area contributed by atoms with Gasteiger partial charge in [0.05, 0.1) is 38.9 Å². The normalized spacial score (nSPS) is 31.7. The molecule has 1 aromatic rings. The zero-order valence-corrected chi connectivity index (χ0v) is 13.9. The van der Waals surface area contributed by atoms with Crippen molar-refractivity contribution in [2.45, 2.75) is 44.3 Å². The highest BCUT2D eigenvalue weighted by Crippen LogP contribution is 2.29. The summed E-state index contributed by atoms with van der Waals surface area (Å²) in [5.41, 5.74) is 0.241. The number of rotatable bonds is 5. The Bertz CT molecular complexity index is 641. The van der Waals surface area contributed by atoms with Crippen molar-refractivity contribution in [2.24, 2.45) is 11.8 Å². The third kappa shape index (κ3) is 3.02. The van der Waals surface area contributed by atoms with E-state index in [1.165, 1.54) is 12.0 Å². The van der Waals surface area contributed by atoms with Gasteiger partial charge in [0.1, 0.15) is 6.04 Å². The number of aromatic nitrogens is 3. The molecule has 0 radical (unpaired) electrons. The maximum Gasteiger partial charge on any atom is 0.360 e. The Morgan fingerprint density at radius 3 is 2.92 bits per heavy atom. The minimum atomic E-state index is -0.462. The first-order valence-corrected chi connectivity index (χ1v) is 8.77. The first-order valence-electron chi connectivity index (χ1n) is 8.77. The second-order valence-corrected chi connectivity index (χ2v) is 7.30. The second kappa shape index (κ2) is 6.16. The molecule has 4 fully saturated rings. The van der Waals surface area contributed by atoms with Gasteiger partial charge in [0.2, 0.25) is 5.91 Å². The molecule has 4 heterocycles. The van der Waals surface area contributed by atoms with E-state index in [0.29, 0.717) is 18.0 Å². The molecule has 8 heteroatoms. The maximum absolute atomic E-state index is 12.4. The Labute approximate surface area is 140 Å². The zero-order chi connectivity index (χ0) is 16.7. The Balaban J connectivity index is 1.37. The molecule has 4 aliphatic rings. The number of quaternary nitrogens is 1. The van der Waals surface area contributed by atoms with E-state index in [0.717, 1.165) is 45.3 Å². The predicted molar refractivity (Wildman–Crippen MR) is 83.2 cm³/mol. The van der Waals surface area contributed by atoms with Crippen LogP contribution in [0.25, 0.3) is 0 Å². The fourth-order valence-corrected chi connectivity index (χ4v) is 4.17. The van der Waals surface area contributed by atoms with Gasteiger partial charge in [-0.3, -0.25) is 4.79 Å². The van der Waals surface area contributed by atoms with E-state index >= 15 is 0 Å². The third-order valence-corrected chi connectivity index (χ3v) is 5.65. The van der Waals surface area contributed by atoms with Crippen molar-refractivity contribution in [3.63, 3.8) is 0 Å². The van der Waals surface area contributed by atoms with Gasteiger partial charge in [-0.1, -0.05) is 5.21 Å². The number of hydrogen-bond acceptors (Lipinski definition) is 5. The van der Waals surface area contributed by atoms with Crippen molar-refractivity contribution >= 4 is 11.9 Å². The summed E-state index contributed by atoms with van der Waals surface area (Å²) in [6.07, 6.45) is 6.07. The molecule has 8 nitrogen and oxygen atoms in total. The van der Waals surface area contributed by atoms with Crippen LogP contribution in [0.1, 0.15) is 36.2 Å². The van der Waals surface area contributed by atoms with Gasteiger partial charge in [0.25, 0.3) is 0 Å². The van der Waals surface area contributed by atoms with Crippen LogP contribution < -0.4 is 10.2 Å². The van der Waals surface area contributed by atoms with Gasteiger partial charge in [0, 0.05) is 18.9 Å². The molecule has 0 aromatic carbocycles. The van der Waals surface area contributed by atoms with E-state index in [2.05, 4.69) is 20.4 Å². The van der Waals surface area contributed by atoms with Crippen LogP contribution in [-0.4, -0.2) is 59.2 Å². The van der Waals surface area contributed by atoms with Gasteiger partial charge in [-0.05, 0) is 18.8 Å². The van der Waals surface area contributed by atoms with Crippen LogP contribution in [0.2, 0.25) is 0 Å². The number of fused-ring (bicyclic) bond motifs is 3. The fourth-order valence-electron chi connectivity index (χ4n) is 4.17. The largest absolute Gasteiger partial charge is 0.464 e. The van der Waals surface area contributed by atoms with E-state index in [1.54, 1.807) is 10.9 Å². The molecule has 4 atom stereocenters. The molecule has 2 bridgehead atoms. The lowest BCUT2D eigenvalue weighted by Gasteiger charge is -2.46. The van der Waals surface area contributed by atoms with E-state index in [4.69, 9.17) is 0 Å². The molecule has 1 aliphatic carbocycles. The number of nitrogens with zero attached hydrogens (tertiary/aromatic N) is 3. The van der Waals surface area contributed by atoms with Crippen LogP contribution in [0, 0.1) is 11.8 Å². The van der Waals surface area contributed by atoms with Gasteiger partial charge in [-0.2, -0.15) is 0 Å². The summed E-state index contributed by atoms with van der Waals surface area (Å²) in [5.74, 6) is 0.421. The number of hydrogen-bond donors (Lipinski definition) is 2. The molecule has 0 spiro atoms. The number of methoxy groups -OCH3 is 1. The first kappa shape index (κ1) is 15.6. The van der Waals surface area contributed by atoms with Gasteiger partial charge < -0.3 is 15.0 Å². The van der Waals surface area contributed by atoms with Gasteiger partial charge in [-0.25, -0.2) is 9.48 Å². The molecule has 1 aromatic heterocycles. The van der Waals surface area contributed by atoms with Gasteiger partial charge in [0.15, 0.2) is 5.69 Å². The Morgan fingerprint density at radius 2 is 2.25 bits per heavy atom. The minimum Gasteiger partial charge on any atom is -0.464 e. The van der Waals surface area contributed by atoms with Crippen molar-refractivity contribution in [1.82, 2.24) is 20.3 Å². The molecule has 1 unspecified atom stereocenters. The summed E-state index contributed by atoms with van der Waals surface area (Å²) in [4.78, 5) is 25.4. The van der Waals surface area contributed by atoms with E-state index in [9.17, 15) is 9.59 Å². The Kier molecular flexibility index (Phi) is 3.99. The first-order chi connectivity index (χ1) is 11.6. The van der Waals surface area contributed by atoms with Gasteiger partial charge >= 0.3 is 5.97 Å². The summed E-state index contributed by atoms with van der Waals surface area (Å²) in [6.45, 7) is 2.75. The fraction of sp³-hybridized carbons (Fsp3) is 0.750. The molecule has 3 saturated heterocycles. The van der Waals surface area contributed by atoms with Crippen molar-refractivity contribution in [3.05, 3.63) is 11.9 Å². The average Bonchev–Trinajstić information content (AvgIpc) is 3.30. The summed E-state index contributed by atoms with van der Waals surface area (Å²) in [5, 5.41) is 11.1. The molecule has 1 amide bonds. The van der Waals surface area contributed by atoms with Crippen LogP contribution in [0.4, 0.5) is 0 Å². The summed E-state index contributed by atoms with van der Waals surface area (Å²) >= 11 is 0. The van der Waals surface area contributed by atoms with E-state index in [1.807, 2.05) is 0 Å². The SMILES string of the molecule is COC(=O)c1cn(C[C@H]2C[C@H]3CC[NH+]2C[C@@H]3C(=O)NC2CC2)nn1. The number of nitrogens with one attached hydrogen (secondary N) is 2. The van der Waals surface area contributed by atoms with Crippen molar-refractivity contribution < 1.29 is 19.2 Å². The number of carbonyl (C=O) groups is 2. The van der Waals surface area contributed by atoms with Crippen molar-refractivity contribution in [3.8, 4) is 0 Å². The molecule has 1 saturated carbocycles. The molecule has 2 N–H and O–H groups in total. The summed E-state index contributed by atoms with van der Waals surface area (Å²) in [7, 11) is 1.34. The van der Waals surface area contributed by atoms with Crippen LogP contribution >= 0.6 is 0 Å². The summed E-state index contributed by atoms with van der Waals surface area (Å²) in [6, 6.07) is 0.867. The number of esters is 1. The monoisotopic (exact) mass is 334 g/mol. The van der Waals surface area contributed by atoms with Crippen LogP contribution in [0.3, 0.4) is 0 Å². The Hall–Kier alpha value is -1.96. The second-order valence-electron chi connectivity index (χ2n) is 7.30. The molecule has 5 rings (SSSR count). The molecular weight excluding hydrogens is 310 g/mol. The average molecular weight is 334 g/mol. The Morgan fingerprint density at radius 1 is 1.42 bits per heavy atom.